The van der Waals surface area contributed by atoms with Gasteiger partial charge in [-0.2, -0.15) is 0 Å². The molecule has 2 rings (SSSR count). The van der Waals surface area contributed by atoms with Gasteiger partial charge in [-0.1, -0.05) is 15.9 Å². The number of hydrogen-bond acceptors (Lipinski definition) is 4. The van der Waals surface area contributed by atoms with Crippen LogP contribution in [0.4, 0.5) is 4.39 Å². The third-order valence-corrected chi connectivity index (χ3v) is 4.77. The maximum atomic E-state index is 13.3. The normalized spacial score (nSPS) is 12.9. The van der Waals surface area contributed by atoms with Gasteiger partial charge in [0.05, 0.1) is 6.04 Å². The van der Waals surface area contributed by atoms with Crippen LogP contribution in [0.1, 0.15) is 28.5 Å². The van der Waals surface area contributed by atoms with E-state index in [-0.39, 0.29) is 11.9 Å². The molecular formula is C13H15BrFN3S. The predicted molar refractivity (Wildman–Crippen MR) is 78.6 cm³/mol. The van der Waals surface area contributed by atoms with Crippen molar-refractivity contribution in [2.75, 3.05) is 7.05 Å². The van der Waals surface area contributed by atoms with Crippen LogP contribution >= 0.6 is 27.3 Å². The number of nitrogens with zero attached hydrogens (tertiary/aromatic N) is 3. The van der Waals surface area contributed by atoms with Gasteiger partial charge in [-0.3, -0.25) is 4.90 Å². The first-order valence-corrected chi connectivity index (χ1v) is 7.52. The molecule has 0 spiro atoms. The summed E-state index contributed by atoms with van der Waals surface area (Å²) >= 11 is 5.04. The Morgan fingerprint density at radius 3 is 2.79 bits per heavy atom. The van der Waals surface area contributed by atoms with Crippen LogP contribution in [0.5, 0.6) is 0 Å². The molecule has 0 amide bonds. The van der Waals surface area contributed by atoms with Crippen LogP contribution in [0.3, 0.4) is 0 Å². The lowest BCUT2D eigenvalue weighted by Gasteiger charge is -2.23. The first kappa shape index (κ1) is 14.6. The number of halogens is 2. The predicted octanol–water partition coefficient (Wildman–Crippen LogP) is 3.94. The van der Waals surface area contributed by atoms with E-state index in [0.29, 0.717) is 6.54 Å². The largest absolute Gasteiger partial charge is 0.293 e. The van der Waals surface area contributed by atoms with Gasteiger partial charge in [0.1, 0.15) is 15.8 Å². The molecule has 0 saturated carbocycles. The molecule has 3 nitrogen and oxygen atoms in total. The highest BCUT2D eigenvalue weighted by molar-refractivity contribution is 9.10. The summed E-state index contributed by atoms with van der Waals surface area (Å²) in [6.07, 6.45) is 0. The Hall–Kier alpha value is -0.850. The number of benzene rings is 1. The smallest absolute Gasteiger partial charge is 0.134 e. The first-order chi connectivity index (χ1) is 8.97. The van der Waals surface area contributed by atoms with Crippen molar-refractivity contribution in [1.82, 2.24) is 15.1 Å². The van der Waals surface area contributed by atoms with E-state index in [1.807, 2.05) is 14.0 Å². The summed E-state index contributed by atoms with van der Waals surface area (Å²) in [4.78, 5) is 2.12. The average Bonchev–Trinajstić information content (AvgIpc) is 2.79. The fraction of sp³-hybridized carbons (Fsp3) is 0.385. The Morgan fingerprint density at radius 1 is 1.42 bits per heavy atom. The molecule has 0 saturated heterocycles. The summed E-state index contributed by atoms with van der Waals surface area (Å²) in [5, 5.41) is 10.1. The lowest BCUT2D eigenvalue weighted by molar-refractivity contribution is 0.251. The molecule has 2 aromatic rings. The van der Waals surface area contributed by atoms with Gasteiger partial charge in [-0.15, -0.1) is 21.5 Å². The van der Waals surface area contributed by atoms with E-state index in [4.69, 9.17) is 0 Å². The molecule has 0 unspecified atom stereocenters. The van der Waals surface area contributed by atoms with Gasteiger partial charge in [0.2, 0.25) is 0 Å². The molecule has 0 aliphatic rings. The number of aromatic nitrogens is 2. The second kappa shape index (κ2) is 6.07. The van der Waals surface area contributed by atoms with Crippen molar-refractivity contribution in [3.05, 3.63) is 44.1 Å². The fourth-order valence-corrected chi connectivity index (χ4v) is 2.93. The van der Waals surface area contributed by atoms with Crippen molar-refractivity contribution >= 4 is 27.3 Å². The van der Waals surface area contributed by atoms with Crippen LogP contribution in [-0.4, -0.2) is 22.1 Å². The second-order valence-electron chi connectivity index (χ2n) is 4.49. The van der Waals surface area contributed by atoms with Crippen LogP contribution in [-0.2, 0) is 6.54 Å². The molecule has 1 aromatic carbocycles. The van der Waals surface area contributed by atoms with Crippen LogP contribution in [0, 0.1) is 12.7 Å². The Kier molecular flexibility index (Phi) is 4.65. The summed E-state index contributed by atoms with van der Waals surface area (Å²) in [6, 6.07) is 4.89. The van der Waals surface area contributed by atoms with Crippen LogP contribution in [0.2, 0.25) is 0 Å². The van der Waals surface area contributed by atoms with Gasteiger partial charge in [0.15, 0.2) is 0 Å². The van der Waals surface area contributed by atoms with Gasteiger partial charge >= 0.3 is 0 Å². The average molecular weight is 344 g/mol. The molecule has 0 aliphatic carbocycles. The lowest BCUT2D eigenvalue weighted by Crippen LogP contribution is -2.22. The fourth-order valence-electron chi connectivity index (χ4n) is 1.74. The second-order valence-corrected chi connectivity index (χ2v) is 6.55. The molecule has 0 fully saturated rings. The monoisotopic (exact) mass is 343 g/mol. The van der Waals surface area contributed by atoms with Gasteiger partial charge in [-0.05, 0) is 44.7 Å². The van der Waals surface area contributed by atoms with Gasteiger partial charge in [0.25, 0.3) is 0 Å². The third-order valence-electron chi connectivity index (χ3n) is 2.99. The SMILES string of the molecule is Cc1nnc([C@@H](C)N(C)Cc2cc(F)ccc2Br)s1. The molecule has 0 N–H and O–H groups in total. The summed E-state index contributed by atoms with van der Waals surface area (Å²) in [6.45, 7) is 4.67. The molecule has 1 atom stereocenters. The molecule has 0 aliphatic heterocycles. The Balaban J connectivity index is 2.12. The van der Waals surface area contributed by atoms with Crippen LogP contribution in [0.15, 0.2) is 22.7 Å². The third kappa shape index (κ3) is 3.58. The molecule has 0 bridgehead atoms. The van der Waals surface area contributed by atoms with Crippen LogP contribution in [0.25, 0.3) is 0 Å². The van der Waals surface area contributed by atoms with E-state index in [9.17, 15) is 4.39 Å². The standard InChI is InChI=1S/C13H15BrFN3S/c1-8(13-17-16-9(2)19-13)18(3)7-10-6-11(15)4-5-12(10)14/h4-6,8H,7H2,1-3H3/t8-/m1/s1. The van der Waals surface area contributed by atoms with Crippen molar-refractivity contribution in [2.45, 2.75) is 26.4 Å². The zero-order valence-electron chi connectivity index (χ0n) is 11.0. The number of hydrogen-bond donors (Lipinski definition) is 0. The Labute approximate surface area is 124 Å². The molecule has 0 radical (unpaired) electrons. The molecular weight excluding hydrogens is 329 g/mol. The zero-order chi connectivity index (χ0) is 14.0. The molecule has 1 aromatic heterocycles. The maximum Gasteiger partial charge on any atom is 0.134 e. The van der Waals surface area contributed by atoms with Gasteiger partial charge in [-0.25, -0.2) is 4.39 Å². The Morgan fingerprint density at radius 2 is 2.16 bits per heavy atom. The minimum atomic E-state index is -0.217. The van der Waals surface area contributed by atoms with E-state index in [2.05, 4.69) is 38.0 Å². The topological polar surface area (TPSA) is 29.0 Å². The zero-order valence-corrected chi connectivity index (χ0v) is 13.4. The van der Waals surface area contributed by atoms with E-state index in [1.54, 1.807) is 23.5 Å². The Bertz CT molecular complexity index is 573. The van der Waals surface area contributed by atoms with E-state index >= 15 is 0 Å². The summed E-state index contributed by atoms with van der Waals surface area (Å²) in [5.74, 6) is -0.217. The molecule has 6 heteroatoms. The van der Waals surface area contributed by atoms with Gasteiger partial charge in [0, 0.05) is 11.0 Å². The quantitative estimate of drug-likeness (QED) is 0.841. The van der Waals surface area contributed by atoms with E-state index in [1.165, 1.54) is 6.07 Å². The minimum absolute atomic E-state index is 0.154. The van der Waals surface area contributed by atoms with Crippen molar-refractivity contribution in [3.63, 3.8) is 0 Å². The van der Waals surface area contributed by atoms with Crippen molar-refractivity contribution in [1.29, 1.82) is 0 Å². The minimum Gasteiger partial charge on any atom is -0.293 e. The van der Waals surface area contributed by atoms with E-state index in [0.717, 1.165) is 20.1 Å². The van der Waals surface area contributed by atoms with Crippen molar-refractivity contribution in [2.24, 2.45) is 0 Å². The maximum absolute atomic E-state index is 13.3. The summed E-state index contributed by atoms with van der Waals surface area (Å²) in [7, 11) is 2.00. The number of aryl methyl sites for hydroxylation is 1. The molecule has 102 valence electrons. The van der Waals surface area contributed by atoms with E-state index < -0.39 is 0 Å². The molecule has 19 heavy (non-hydrogen) atoms. The first-order valence-electron chi connectivity index (χ1n) is 5.91. The number of rotatable bonds is 4. The van der Waals surface area contributed by atoms with Gasteiger partial charge < -0.3 is 0 Å². The summed E-state index contributed by atoms with van der Waals surface area (Å²) < 4.78 is 14.2. The van der Waals surface area contributed by atoms with Crippen LogP contribution < -0.4 is 0 Å². The highest BCUT2D eigenvalue weighted by Crippen LogP contribution is 2.26. The highest BCUT2D eigenvalue weighted by Gasteiger charge is 2.17. The van der Waals surface area contributed by atoms with Crippen molar-refractivity contribution < 1.29 is 4.39 Å². The molecule has 1 heterocycles. The summed E-state index contributed by atoms with van der Waals surface area (Å²) in [5.41, 5.74) is 0.926. The highest BCUT2D eigenvalue weighted by atomic mass is 79.9. The van der Waals surface area contributed by atoms with Crippen molar-refractivity contribution in [3.8, 4) is 0 Å². The lowest BCUT2D eigenvalue weighted by atomic mass is 10.2.